The van der Waals surface area contributed by atoms with Gasteiger partial charge >= 0.3 is 0 Å². The van der Waals surface area contributed by atoms with Crippen LogP contribution in [0, 0.1) is 0 Å². The quantitative estimate of drug-likeness (QED) is 0.797. The van der Waals surface area contributed by atoms with Crippen LogP contribution < -0.4 is 4.74 Å². The molecule has 0 spiro atoms. The molecule has 2 aromatic rings. The first-order valence-corrected chi connectivity index (χ1v) is 7.51. The Morgan fingerprint density at radius 2 is 2.25 bits per heavy atom. The third-order valence-electron chi connectivity index (χ3n) is 3.10. The second-order valence-corrected chi connectivity index (χ2v) is 5.11. The summed E-state index contributed by atoms with van der Waals surface area (Å²) in [5, 5.41) is 0. The van der Waals surface area contributed by atoms with Crippen molar-refractivity contribution < 1.29 is 9.53 Å². The molecule has 0 bridgehead atoms. The summed E-state index contributed by atoms with van der Waals surface area (Å²) in [6.45, 7) is 5.04. The molecule has 4 nitrogen and oxygen atoms in total. The molecule has 0 aliphatic rings. The molecule has 0 radical (unpaired) electrons. The summed E-state index contributed by atoms with van der Waals surface area (Å²) in [6, 6.07) is 5.90. The molecule has 0 aliphatic carbocycles. The van der Waals surface area contributed by atoms with Gasteiger partial charge in [-0.15, -0.1) is 0 Å². The number of fused-ring (bicyclic) bond motifs is 1. The molecule has 1 heterocycles. The zero-order valence-corrected chi connectivity index (χ0v) is 12.8. The number of aryl methyl sites for hydroxylation is 1. The minimum absolute atomic E-state index is 0.180. The summed E-state index contributed by atoms with van der Waals surface area (Å²) in [7, 11) is 0. The van der Waals surface area contributed by atoms with Crippen molar-refractivity contribution in [3.63, 3.8) is 0 Å². The monoisotopic (exact) mass is 292 g/mol. The number of nitrogens with zero attached hydrogens (tertiary/aromatic N) is 2. The number of carbonyl (C=O) groups excluding carboxylic acids is 1. The molecule has 0 saturated heterocycles. The van der Waals surface area contributed by atoms with Crippen LogP contribution in [0.1, 0.15) is 32.5 Å². The van der Waals surface area contributed by atoms with E-state index in [0.717, 1.165) is 29.0 Å². The second-order valence-electron chi connectivity index (χ2n) is 4.79. The van der Waals surface area contributed by atoms with Gasteiger partial charge in [-0.05, 0) is 25.5 Å². The van der Waals surface area contributed by atoms with E-state index in [4.69, 9.17) is 4.74 Å². The van der Waals surface area contributed by atoms with E-state index in [1.165, 1.54) is 0 Å². The van der Waals surface area contributed by atoms with Crippen molar-refractivity contribution >= 4 is 29.4 Å². The van der Waals surface area contributed by atoms with Gasteiger partial charge in [0, 0.05) is 24.8 Å². The van der Waals surface area contributed by atoms with Crippen molar-refractivity contribution in [1.29, 1.82) is 0 Å². The number of carbonyl (C=O) groups is 1. The van der Waals surface area contributed by atoms with Crippen LogP contribution in [-0.4, -0.2) is 21.9 Å². The normalized spacial score (nSPS) is 10.9. The largest absolute Gasteiger partial charge is 0.494 e. The van der Waals surface area contributed by atoms with E-state index >= 15 is 0 Å². The minimum atomic E-state index is 0.180. The highest BCUT2D eigenvalue weighted by atomic mass is 32.1. The Balaban J connectivity index is 2.33. The maximum atomic E-state index is 11.2. The number of ketones is 1. The molecule has 2 rings (SSSR count). The van der Waals surface area contributed by atoms with E-state index < -0.39 is 0 Å². The fourth-order valence-corrected chi connectivity index (χ4v) is 2.35. The fraction of sp³-hybridized carbons (Fsp3) is 0.467. The summed E-state index contributed by atoms with van der Waals surface area (Å²) >= 11 is 4.32. The average Bonchev–Trinajstić information content (AvgIpc) is 2.79. The SMILES string of the molecule is CCCOc1ccc2c(c1)nc(CS)n2CCC(C)=O. The standard InChI is InChI=1S/C15H20N2O2S/c1-3-8-19-12-4-5-14-13(9-12)16-15(10-20)17(14)7-6-11(2)18/h4-5,9,20H,3,6-8,10H2,1-2H3. The third kappa shape index (κ3) is 3.33. The number of imidazole rings is 1. The van der Waals surface area contributed by atoms with Gasteiger partial charge in [0.15, 0.2) is 0 Å². The van der Waals surface area contributed by atoms with Crippen LogP contribution in [0.5, 0.6) is 5.75 Å². The van der Waals surface area contributed by atoms with Crippen molar-refractivity contribution in [3.8, 4) is 5.75 Å². The number of ether oxygens (including phenoxy) is 1. The highest BCUT2D eigenvalue weighted by molar-refractivity contribution is 7.79. The number of hydrogen-bond acceptors (Lipinski definition) is 4. The lowest BCUT2D eigenvalue weighted by Gasteiger charge is -2.07. The topological polar surface area (TPSA) is 44.1 Å². The summed E-state index contributed by atoms with van der Waals surface area (Å²) < 4.78 is 7.68. The van der Waals surface area contributed by atoms with E-state index in [1.807, 2.05) is 18.2 Å². The Hall–Kier alpha value is -1.49. The zero-order chi connectivity index (χ0) is 14.5. The van der Waals surface area contributed by atoms with E-state index in [9.17, 15) is 4.79 Å². The van der Waals surface area contributed by atoms with Crippen molar-refractivity contribution in [2.75, 3.05) is 6.61 Å². The highest BCUT2D eigenvalue weighted by Gasteiger charge is 2.11. The predicted octanol–water partition coefficient (Wildman–Crippen LogP) is 3.23. The Kier molecular flexibility index (Phi) is 5.06. The zero-order valence-electron chi connectivity index (χ0n) is 11.9. The van der Waals surface area contributed by atoms with E-state index in [-0.39, 0.29) is 5.78 Å². The Morgan fingerprint density at radius 1 is 1.45 bits per heavy atom. The number of hydrogen-bond donors (Lipinski definition) is 1. The van der Waals surface area contributed by atoms with Crippen molar-refractivity contribution in [3.05, 3.63) is 24.0 Å². The van der Waals surface area contributed by atoms with E-state index in [1.54, 1.807) is 6.92 Å². The summed E-state index contributed by atoms with van der Waals surface area (Å²) in [5.74, 6) is 2.45. The van der Waals surface area contributed by atoms with Crippen LogP contribution in [-0.2, 0) is 17.1 Å². The average molecular weight is 292 g/mol. The molecule has 20 heavy (non-hydrogen) atoms. The highest BCUT2D eigenvalue weighted by Crippen LogP contribution is 2.23. The molecular formula is C15H20N2O2S. The summed E-state index contributed by atoms with van der Waals surface area (Å²) in [4.78, 5) is 15.7. The molecule has 108 valence electrons. The molecule has 1 aromatic heterocycles. The van der Waals surface area contributed by atoms with Gasteiger partial charge in [0.05, 0.1) is 17.6 Å². The Morgan fingerprint density at radius 3 is 2.90 bits per heavy atom. The van der Waals surface area contributed by atoms with Crippen molar-refractivity contribution in [1.82, 2.24) is 9.55 Å². The number of Topliss-reactive ketones (excluding diaryl/α,β-unsaturated/α-hetero) is 1. The Bertz CT molecular complexity index is 607. The molecule has 0 fully saturated rings. The number of rotatable bonds is 7. The van der Waals surface area contributed by atoms with E-state index in [2.05, 4.69) is 29.1 Å². The molecule has 0 amide bonds. The Labute approximate surface area is 124 Å². The maximum Gasteiger partial charge on any atom is 0.131 e. The van der Waals surface area contributed by atoms with Crippen LogP contribution in [0.4, 0.5) is 0 Å². The first-order chi connectivity index (χ1) is 9.65. The van der Waals surface area contributed by atoms with Gasteiger partial charge in [-0.25, -0.2) is 4.98 Å². The maximum absolute atomic E-state index is 11.2. The lowest BCUT2D eigenvalue weighted by Crippen LogP contribution is -2.05. The summed E-state index contributed by atoms with van der Waals surface area (Å²) in [6.07, 6.45) is 1.49. The number of aromatic nitrogens is 2. The van der Waals surface area contributed by atoms with Gasteiger partial charge < -0.3 is 9.30 Å². The molecule has 1 aromatic carbocycles. The minimum Gasteiger partial charge on any atom is -0.494 e. The van der Waals surface area contributed by atoms with Gasteiger partial charge in [0.1, 0.15) is 17.4 Å². The molecule has 0 saturated carbocycles. The van der Waals surface area contributed by atoms with Gasteiger partial charge in [0.2, 0.25) is 0 Å². The molecule has 5 heteroatoms. The predicted molar refractivity (Wildman–Crippen MR) is 83.5 cm³/mol. The third-order valence-corrected chi connectivity index (χ3v) is 3.38. The van der Waals surface area contributed by atoms with Crippen LogP contribution in [0.25, 0.3) is 11.0 Å². The lowest BCUT2D eigenvalue weighted by atomic mass is 10.2. The number of benzene rings is 1. The molecule has 0 unspecified atom stereocenters. The number of thiol groups is 1. The molecule has 0 aliphatic heterocycles. The fourth-order valence-electron chi connectivity index (χ4n) is 2.11. The van der Waals surface area contributed by atoms with Crippen LogP contribution >= 0.6 is 12.6 Å². The van der Waals surface area contributed by atoms with Gasteiger partial charge in [-0.3, -0.25) is 4.79 Å². The van der Waals surface area contributed by atoms with Crippen LogP contribution in [0.15, 0.2) is 18.2 Å². The lowest BCUT2D eigenvalue weighted by molar-refractivity contribution is -0.117. The molecule has 0 atom stereocenters. The second kappa shape index (κ2) is 6.79. The van der Waals surface area contributed by atoms with E-state index in [0.29, 0.717) is 25.3 Å². The summed E-state index contributed by atoms with van der Waals surface area (Å²) in [5.41, 5.74) is 1.92. The first kappa shape index (κ1) is 14.9. The van der Waals surface area contributed by atoms with Gasteiger partial charge in [-0.2, -0.15) is 12.6 Å². The van der Waals surface area contributed by atoms with Crippen molar-refractivity contribution in [2.45, 2.75) is 39.0 Å². The molecule has 0 N–H and O–H groups in total. The first-order valence-electron chi connectivity index (χ1n) is 6.88. The van der Waals surface area contributed by atoms with Gasteiger partial charge in [-0.1, -0.05) is 6.92 Å². The van der Waals surface area contributed by atoms with Crippen molar-refractivity contribution in [2.24, 2.45) is 0 Å². The van der Waals surface area contributed by atoms with Gasteiger partial charge in [0.25, 0.3) is 0 Å². The van der Waals surface area contributed by atoms with Crippen LogP contribution in [0.2, 0.25) is 0 Å². The smallest absolute Gasteiger partial charge is 0.131 e. The van der Waals surface area contributed by atoms with Crippen LogP contribution in [0.3, 0.4) is 0 Å². The molecular weight excluding hydrogens is 272 g/mol.